The Bertz CT molecular complexity index is 787. The van der Waals surface area contributed by atoms with Crippen LogP contribution >= 0.6 is 15.9 Å². The molecule has 130 valence electrons. The molecule has 1 fully saturated rings. The summed E-state index contributed by atoms with van der Waals surface area (Å²) in [6.07, 6.45) is 0.912. The lowest BCUT2D eigenvalue weighted by Crippen LogP contribution is -2.38. The maximum Gasteiger partial charge on any atom is 0.254 e. The van der Waals surface area contributed by atoms with Crippen LogP contribution in [0.3, 0.4) is 0 Å². The lowest BCUT2D eigenvalue weighted by Gasteiger charge is -2.32. The molecule has 0 saturated carbocycles. The SMILES string of the molecule is O=C1c2cc(N3CCOCC3)ccc2CCN1Cc1ccccc1Br. The predicted octanol–water partition coefficient (Wildman–Crippen LogP) is 3.48. The van der Waals surface area contributed by atoms with E-state index in [0.717, 1.165) is 66.1 Å². The predicted molar refractivity (Wildman–Crippen MR) is 102 cm³/mol. The third-order valence-corrected chi connectivity index (χ3v) is 5.73. The molecule has 4 nitrogen and oxygen atoms in total. The Morgan fingerprint density at radius 1 is 1.04 bits per heavy atom. The van der Waals surface area contributed by atoms with Gasteiger partial charge in [-0.3, -0.25) is 4.79 Å². The zero-order valence-electron chi connectivity index (χ0n) is 14.1. The average Bonchev–Trinajstić information content (AvgIpc) is 2.66. The van der Waals surface area contributed by atoms with Gasteiger partial charge >= 0.3 is 0 Å². The second-order valence-electron chi connectivity index (χ2n) is 6.51. The Labute approximate surface area is 156 Å². The number of amides is 1. The first-order valence-electron chi connectivity index (χ1n) is 8.71. The maximum atomic E-state index is 13.0. The highest BCUT2D eigenvalue weighted by Gasteiger charge is 2.26. The van der Waals surface area contributed by atoms with Crippen LogP contribution < -0.4 is 4.90 Å². The number of anilines is 1. The van der Waals surface area contributed by atoms with Crippen LogP contribution in [-0.4, -0.2) is 43.7 Å². The normalized spacial score (nSPS) is 17.6. The highest BCUT2D eigenvalue weighted by molar-refractivity contribution is 9.10. The summed E-state index contributed by atoms with van der Waals surface area (Å²) in [6, 6.07) is 14.4. The highest BCUT2D eigenvalue weighted by atomic mass is 79.9. The molecular formula is C20H21BrN2O2. The summed E-state index contributed by atoms with van der Waals surface area (Å²) in [5, 5.41) is 0. The molecule has 2 aromatic rings. The van der Waals surface area contributed by atoms with Gasteiger partial charge in [-0.05, 0) is 35.7 Å². The number of rotatable bonds is 3. The van der Waals surface area contributed by atoms with E-state index in [4.69, 9.17) is 4.74 Å². The molecule has 2 aliphatic heterocycles. The molecule has 4 rings (SSSR count). The molecule has 0 N–H and O–H groups in total. The van der Waals surface area contributed by atoms with Crippen LogP contribution in [0.2, 0.25) is 0 Å². The van der Waals surface area contributed by atoms with Crippen LogP contribution in [0.5, 0.6) is 0 Å². The summed E-state index contributed by atoms with van der Waals surface area (Å²) >= 11 is 3.58. The van der Waals surface area contributed by atoms with Crippen LogP contribution in [0, 0.1) is 0 Å². The fourth-order valence-corrected chi connectivity index (χ4v) is 3.92. The van der Waals surface area contributed by atoms with E-state index in [2.05, 4.69) is 45.1 Å². The second-order valence-corrected chi connectivity index (χ2v) is 7.36. The first-order chi connectivity index (χ1) is 12.2. The first-order valence-corrected chi connectivity index (χ1v) is 9.50. The van der Waals surface area contributed by atoms with Gasteiger partial charge in [-0.2, -0.15) is 0 Å². The number of hydrogen-bond donors (Lipinski definition) is 0. The topological polar surface area (TPSA) is 32.8 Å². The van der Waals surface area contributed by atoms with Crippen molar-refractivity contribution in [2.24, 2.45) is 0 Å². The highest BCUT2D eigenvalue weighted by Crippen LogP contribution is 2.27. The van der Waals surface area contributed by atoms with E-state index in [1.54, 1.807) is 0 Å². The molecule has 2 aliphatic rings. The Morgan fingerprint density at radius 3 is 2.64 bits per heavy atom. The van der Waals surface area contributed by atoms with E-state index in [9.17, 15) is 4.79 Å². The third-order valence-electron chi connectivity index (χ3n) is 4.96. The molecule has 2 heterocycles. The van der Waals surface area contributed by atoms with Gasteiger partial charge in [-0.15, -0.1) is 0 Å². The van der Waals surface area contributed by atoms with Gasteiger partial charge in [0.2, 0.25) is 0 Å². The summed E-state index contributed by atoms with van der Waals surface area (Å²) in [7, 11) is 0. The van der Waals surface area contributed by atoms with E-state index in [1.165, 1.54) is 0 Å². The van der Waals surface area contributed by atoms with Crippen molar-refractivity contribution in [3.05, 3.63) is 63.6 Å². The van der Waals surface area contributed by atoms with Gasteiger partial charge < -0.3 is 14.5 Å². The number of benzene rings is 2. The number of morpholine rings is 1. The largest absolute Gasteiger partial charge is 0.378 e. The average molecular weight is 401 g/mol. The van der Waals surface area contributed by atoms with Crippen molar-refractivity contribution in [2.75, 3.05) is 37.7 Å². The Kier molecular flexibility index (Phi) is 4.77. The van der Waals surface area contributed by atoms with E-state index in [0.29, 0.717) is 6.54 Å². The summed E-state index contributed by atoms with van der Waals surface area (Å²) < 4.78 is 6.48. The van der Waals surface area contributed by atoms with Gasteiger partial charge in [0, 0.05) is 41.9 Å². The van der Waals surface area contributed by atoms with Crippen LogP contribution in [0.25, 0.3) is 0 Å². The van der Waals surface area contributed by atoms with Crippen molar-refractivity contribution >= 4 is 27.5 Å². The van der Waals surface area contributed by atoms with Crippen LogP contribution in [0.4, 0.5) is 5.69 Å². The van der Waals surface area contributed by atoms with Crippen LogP contribution in [0.1, 0.15) is 21.5 Å². The minimum atomic E-state index is 0.132. The van der Waals surface area contributed by atoms with Crippen molar-refractivity contribution < 1.29 is 9.53 Å². The lowest BCUT2D eigenvalue weighted by atomic mass is 9.97. The van der Waals surface area contributed by atoms with Crippen LogP contribution in [0.15, 0.2) is 46.9 Å². The van der Waals surface area contributed by atoms with E-state index in [-0.39, 0.29) is 5.91 Å². The summed E-state index contributed by atoms with van der Waals surface area (Å²) in [6.45, 7) is 4.67. The molecule has 0 aliphatic carbocycles. The second kappa shape index (κ2) is 7.18. The zero-order chi connectivity index (χ0) is 17.2. The smallest absolute Gasteiger partial charge is 0.254 e. The van der Waals surface area contributed by atoms with Gasteiger partial charge in [-0.25, -0.2) is 0 Å². The molecule has 0 atom stereocenters. The fraction of sp³-hybridized carbons (Fsp3) is 0.350. The number of carbonyl (C=O) groups excluding carboxylic acids is 1. The number of hydrogen-bond acceptors (Lipinski definition) is 3. The van der Waals surface area contributed by atoms with E-state index < -0.39 is 0 Å². The number of carbonyl (C=O) groups is 1. The number of fused-ring (bicyclic) bond motifs is 1. The van der Waals surface area contributed by atoms with Crippen molar-refractivity contribution in [2.45, 2.75) is 13.0 Å². The fourth-order valence-electron chi connectivity index (χ4n) is 3.51. The Balaban J connectivity index is 1.57. The maximum absolute atomic E-state index is 13.0. The van der Waals surface area contributed by atoms with Gasteiger partial charge in [-0.1, -0.05) is 40.2 Å². The minimum Gasteiger partial charge on any atom is -0.378 e. The summed E-state index contributed by atoms with van der Waals surface area (Å²) in [5.41, 5.74) is 4.27. The summed E-state index contributed by atoms with van der Waals surface area (Å²) in [4.78, 5) is 17.3. The van der Waals surface area contributed by atoms with Gasteiger partial charge in [0.15, 0.2) is 0 Å². The molecule has 0 spiro atoms. The molecule has 1 amide bonds. The molecule has 1 saturated heterocycles. The van der Waals surface area contributed by atoms with Crippen LogP contribution in [-0.2, 0) is 17.7 Å². The first kappa shape index (κ1) is 16.6. The standard InChI is InChI=1S/C20H21BrN2O2/c21-19-4-2-1-3-16(19)14-23-8-7-15-5-6-17(13-18(15)20(23)24)22-9-11-25-12-10-22/h1-6,13H,7-12,14H2. The van der Waals surface area contributed by atoms with E-state index >= 15 is 0 Å². The molecule has 0 radical (unpaired) electrons. The van der Waals surface area contributed by atoms with Gasteiger partial charge in [0.05, 0.1) is 13.2 Å². The minimum absolute atomic E-state index is 0.132. The number of ether oxygens (including phenoxy) is 1. The molecule has 0 unspecified atom stereocenters. The molecule has 0 aromatic heterocycles. The third kappa shape index (κ3) is 3.44. The monoisotopic (exact) mass is 400 g/mol. The van der Waals surface area contributed by atoms with Crippen molar-refractivity contribution in [1.82, 2.24) is 4.90 Å². The molecular weight excluding hydrogens is 380 g/mol. The lowest BCUT2D eigenvalue weighted by molar-refractivity contribution is 0.0726. The Hall–Kier alpha value is -1.85. The number of halogens is 1. The summed E-state index contributed by atoms with van der Waals surface area (Å²) in [5.74, 6) is 0.132. The van der Waals surface area contributed by atoms with Crippen molar-refractivity contribution in [3.63, 3.8) is 0 Å². The zero-order valence-corrected chi connectivity index (χ0v) is 15.7. The van der Waals surface area contributed by atoms with Gasteiger partial charge in [0.25, 0.3) is 5.91 Å². The molecule has 2 aromatic carbocycles. The van der Waals surface area contributed by atoms with Crippen molar-refractivity contribution in [3.8, 4) is 0 Å². The molecule has 5 heteroatoms. The quantitative estimate of drug-likeness (QED) is 0.790. The number of nitrogens with zero attached hydrogens (tertiary/aromatic N) is 2. The molecule has 25 heavy (non-hydrogen) atoms. The Morgan fingerprint density at radius 2 is 1.84 bits per heavy atom. The molecule has 0 bridgehead atoms. The van der Waals surface area contributed by atoms with Gasteiger partial charge in [0.1, 0.15) is 0 Å². The van der Waals surface area contributed by atoms with E-state index in [1.807, 2.05) is 23.1 Å². The van der Waals surface area contributed by atoms with Crippen molar-refractivity contribution in [1.29, 1.82) is 0 Å².